The third kappa shape index (κ3) is 3.26. The summed E-state index contributed by atoms with van der Waals surface area (Å²) in [7, 11) is 0. The maximum Gasteiger partial charge on any atom is 0.251 e. The van der Waals surface area contributed by atoms with Gasteiger partial charge in [-0.05, 0) is 35.2 Å². The van der Waals surface area contributed by atoms with Crippen LogP contribution in [0.25, 0.3) is 0 Å². The zero-order valence-electron chi connectivity index (χ0n) is 13.3. The molecule has 3 rings (SSSR count). The van der Waals surface area contributed by atoms with E-state index in [-0.39, 0.29) is 23.8 Å². The lowest BCUT2D eigenvalue weighted by Crippen LogP contribution is -2.31. The second kappa shape index (κ2) is 6.24. The molecule has 0 radical (unpaired) electrons. The number of rotatable bonds is 4. The van der Waals surface area contributed by atoms with E-state index in [0.29, 0.717) is 12.0 Å². The third-order valence-electron chi connectivity index (χ3n) is 4.10. The molecule has 0 fully saturated rings. The number of anilines is 1. The van der Waals surface area contributed by atoms with Crippen molar-refractivity contribution in [2.45, 2.75) is 26.3 Å². The number of benzene rings is 2. The number of carbonyl (C=O) groups excluding carboxylic acids is 2. The largest absolute Gasteiger partial charge is 0.345 e. The molecule has 4 nitrogen and oxygen atoms in total. The topological polar surface area (TPSA) is 58.2 Å². The van der Waals surface area contributed by atoms with E-state index in [2.05, 4.69) is 24.5 Å². The Labute approximate surface area is 135 Å². The van der Waals surface area contributed by atoms with E-state index in [4.69, 9.17) is 0 Å². The summed E-state index contributed by atoms with van der Waals surface area (Å²) in [5.41, 5.74) is 3.36. The van der Waals surface area contributed by atoms with Crippen molar-refractivity contribution in [3.05, 3.63) is 65.2 Å². The second-order valence-electron chi connectivity index (χ2n) is 6.20. The minimum absolute atomic E-state index is 0.0260. The summed E-state index contributed by atoms with van der Waals surface area (Å²) in [6.07, 6.45) is 0.336. The van der Waals surface area contributed by atoms with E-state index in [9.17, 15) is 9.59 Å². The number of hydrogen-bond acceptors (Lipinski definition) is 2. The van der Waals surface area contributed by atoms with Gasteiger partial charge in [-0.25, -0.2) is 0 Å². The highest BCUT2D eigenvalue weighted by Gasteiger charge is 2.22. The van der Waals surface area contributed by atoms with Crippen molar-refractivity contribution in [1.82, 2.24) is 5.32 Å². The Morgan fingerprint density at radius 2 is 1.87 bits per heavy atom. The van der Waals surface area contributed by atoms with Crippen LogP contribution >= 0.6 is 0 Å². The molecule has 0 spiro atoms. The summed E-state index contributed by atoms with van der Waals surface area (Å²) in [6.45, 7) is 4.17. The maximum absolute atomic E-state index is 12.6. The molecule has 2 N–H and O–H groups in total. The first-order chi connectivity index (χ1) is 11.0. The van der Waals surface area contributed by atoms with Gasteiger partial charge in [-0.15, -0.1) is 0 Å². The van der Waals surface area contributed by atoms with Gasteiger partial charge < -0.3 is 10.6 Å². The van der Waals surface area contributed by atoms with E-state index in [1.54, 1.807) is 18.2 Å². The minimum atomic E-state index is -0.116. The minimum Gasteiger partial charge on any atom is -0.345 e. The van der Waals surface area contributed by atoms with Gasteiger partial charge in [0.25, 0.3) is 5.91 Å². The van der Waals surface area contributed by atoms with Crippen molar-refractivity contribution in [3.8, 4) is 0 Å². The van der Waals surface area contributed by atoms with Crippen molar-refractivity contribution in [1.29, 1.82) is 0 Å². The van der Waals surface area contributed by atoms with Crippen LogP contribution in [0.4, 0.5) is 5.69 Å². The lowest BCUT2D eigenvalue weighted by Gasteiger charge is -2.23. The molecule has 1 heterocycles. The Hall–Kier alpha value is -2.62. The smallest absolute Gasteiger partial charge is 0.251 e. The summed E-state index contributed by atoms with van der Waals surface area (Å²) in [4.78, 5) is 24.0. The van der Waals surface area contributed by atoms with Crippen molar-refractivity contribution in [2.24, 2.45) is 5.92 Å². The highest BCUT2D eigenvalue weighted by atomic mass is 16.2. The molecule has 1 aliphatic rings. The SMILES string of the molecule is CC(C)C(NC(=O)c1ccc2c(c1)CC(=O)N2)c1ccccc1. The zero-order chi connectivity index (χ0) is 16.4. The summed E-state index contributed by atoms with van der Waals surface area (Å²) < 4.78 is 0. The predicted molar refractivity (Wildman–Crippen MR) is 90.3 cm³/mol. The van der Waals surface area contributed by atoms with Gasteiger partial charge in [0.05, 0.1) is 12.5 Å². The Bertz CT molecular complexity index is 738. The Morgan fingerprint density at radius 3 is 2.57 bits per heavy atom. The van der Waals surface area contributed by atoms with Crippen LogP contribution in [0.3, 0.4) is 0 Å². The highest BCUT2D eigenvalue weighted by molar-refractivity contribution is 6.01. The Kier molecular flexibility index (Phi) is 4.15. The molecule has 118 valence electrons. The predicted octanol–water partition coefficient (Wildman–Crippen LogP) is 3.31. The van der Waals surface area contributed by atoms with E-state index in [1.807, 2.05) is 30.3 Å². The lowest BCUT2D eigenvalue weighted by molar-refractivity contribution is -0.115. The van der Waals surface area contributed by atoms with Gasteiger partial charge in [0, 0.05) is 11.3 Å². The fourth-order valence-electron chi connectivity index (χ4n) is 2.89. The molecule has 2 aromatic carbocycles. The number of hydrogen-bond donors (Lipinski definition) is 2. The first-order valence-electron chi connectivity index (χ1n) is 7.83. The van der Waals surface area contributed by atoms with Crippen LogP contribution in [-0.4, -0.2) is 11.8 Å². The molecule has 0 aromatic heterocycles. The standard InChI is InChI=1S/C19H20N2O2/c1-12(2)18(13-6-4-3-5-7-13)21-19(23)14-8-9-16-15(10-14)11-17(22)20-16/h3-10,12,18H,11H2,1-2H3,(H,20,22)(H,21,23). The average Bonchev–Trinajstić information content (AvgIpc) is 2.92. The molecule has 2 amide bonds. The molecule has 0 saturated heterocycles. The van der Waals surface area contributed by atoms with Crippen LogP contribution in [0, 0.1) is 5.92 Å². The molecule has 1 unspecified atom stereocenters. The van der Waals surface area contributed by atoms with E-state index < -0.39 is 0 Å². The first kappa shape index (κ1) is 15.3. The van der Waals surface area contributed by atoms with Crippen molar-refractivity contribution in [3.63, 3.8) is 0 Å². The number of fused-ring (bicyclic) bond motifs is 1. The summed E-state index contributed by atoms with van der Waals surface area (Å²) >= 11 is 0. The van der Waals surface area contributed by atoms with Crippen LogP contribution in [0.1, 0.15) is 41.4 Å². The quantitative estimate of drug-likeness (QED) is 0.910. The van der Waals surface area contributed by atoms with Gasteiger partial charge in [0.15, 0.2) is 0 Å². The molecule has 0 aliphatic carbocycles. The molecular weight excluding hydrogens is 288 g/mol. The number of carbonyl (C=O) groups is 2. The second-order valence-corrected chi connectivity index (χ2v) is 6.20. The summed E-state index contributed by atoms with van der Waals surface area (Å²) in [6, 6.07) is 15.3. The van der Waals surface area contributed by atoms with Crippen LogP contribution in [0.5, 0.6) is 0 Å². The molecule has 0 saturated carbocycles. The Balaban J connectivity index is 1.80. The maximum atomic E-state index is 12.6. The van der Waals surface area contributed by atoms with E-state index >= 15 is 0 Å². The van der Waals surface area contributed by atoms with Gasteiger partial charge in [-0.3, -0.25) is 9.59 Å². The summed E-state index contributed by atoms with van der Waals surface area (Å²) in [5.74, 6) is 0.135. The fourth-order valence-corrected chi connectivity index (χ4v) is 2.89. The molecule has 4 heteroatoms. The third-order valence-corrected chi connectivity index (χ3v) is 4.10. The highest BCUT2D eigenvalue weighted by Crippen LogP contribution is 2.25. The average molecular weight is 308 g/mol. The molecule has 2 aromatic rings. The fraction of sp³-hybridized carbons (Fsp3) is 0.263. The molecule has 0 bridgehead atoms. The Morgan fingerprint density at radius 1 is 1.13 bits per heavy atom. The van der Waals surface area contributed by atoms with Crippen LogP contribution in [0.15, 0.2) is 48.5 Å². The molecule has 1 aliphatic heterocycles. The summed E-state index contributed by atoms with van der Waals surface area (Å²) in [5, 5.41) is 5.88. The van der Waals surface area contributed by atoms with Gasteiger partial charge in [-0.1, -0.05) is 44.2 Å². The van der Waals surface area contributed by atoms with Gasteiger partial charge in [0.1, 0.15) is 0 Å². The zero-order valence-corrected chi connectivity index (χ0v) is 13.3. The number of amides is 2. The van der Waals surface area contributed by atoms with Crippen molar-refractivity contribution >= 4 is 17.5 Å². The monoisotopic (exact) mass is 308 g/mol. The molecule has 1 atom stereocenters. The van der Waals surface area contributed by atoms with Gasteiger partial charge in [-0.2, -0.15) is 0 Å². The van der Waals surface area contributed by atoms with Crippen LogP contribution in [0.2, 0.25) is 0 Å². The normalized spacial score (nSPS) is 14.3. The number of nitrogens with one attached hydrogen (secondary N) is 2. The van der Waals surface area contributed by atoms with Crippen LogP contribution in [-0.2, 0) is 11.2 Å². The molecule has 23 heavy (non-hydrogen) atoms. The first-order valence-corrected chi connectivity index (χ1v) is 7.83. The van der Waals surface area contributed by atoms with Gasteiger partial charge in [0.2, 0.25) is 5.91 Å². The van der Waals surface area contributed by atoms with Crippen LogP contribution < -0.4 is 10.6 Å². The van der Waals surface area contributed by atoms with Gasteiger partial charge >= 0.3 is 0 Å². The van der Waals surface area contributed by atoms with Crippen molar-refractivity contribution in [2.75, 3.05) is 5.32 Å². The molecular formula is C19H20N2O2. The van der Waals surface area contributed by atoms with Crippen molar-refractivity contribution < 1.29 is 9.59 Å². The van der Waals surface area contributed by atoms with E-state index in [0.717, 1.165) is 16.8 Å². The van der Waals surface area contributed by atoms with E-state index in [1.165, 1.54) is 0 Å². The lowest BCUT2D eigenvalue weighted by atomic mass is 9.95.